The second-order valence-electron chi connectivity index (χ2n) is 8.38. The third-order valence-electron chi connectivity index (χ3n) is 5.21. The van der Waals surface area contributed by atoms with Crippen molar-refractivity contribution in [3.05, 3.63) is 78.4 Å². The third kappa shape index (κ3) is 6.94. The molecule has 9 heteroatoms. The smallest absolute Gasteiger partial charge is 0.255 e. The third-order valence-corrected chi connectivity index (χ3v) is 5.21. The quantitative estimate of drug-likeness (QED) is 0.339. The number of aromatic nitrogens is 4. The van der Waals surface area contributed by atoms with E-state index in [0.717, 1.165) is 24.4 Å². The van der Waals surface area contributed by atoms with Crippen LogP contribution in [0.3, 0.4) is 0 Å². The summed E-state index contributed by atoms with van der Waals surface area (Å²) in [6.07, 6.45) is 6.64. The maximum Gasteiger partial charge on any atom is 0.255 e. The number of amides is 1. The standard InChI is InChI=1S/C26H32N8O/c1-7-19(25(35)30-20-11-9-8-10-12-20)15-21(18(2)3)31-24-23-22(28-17-29-24)16-27-26(32-23)34(6)14-13-33(4)5/h7-12,15-17H,2,13-14H2,1,3-6H3,(H,30,35)(H,28,29,31)/b19-7+,21-15+. The van der Waals surface area contributed by atoms with Gasteiger partial charge in [0.1, 0.15) is 17.4 Å². The average molecular weight is 473 g/mol. The van der Waals surface area contributed by atoms with Gasteiger partial charge in [-0.05, 0) is 51.7 Å². The number of nitrogens with zero attached hydrogens (tertiary/aromatic N) is 6. The molecule has 3 rings (SSSR count). The minimum atomic E-state index is -0.223. The number of hydrogen-bond donors (Lipinski definition) is 2. The van der Waals surface area contributed by atoms with E-state index in [1.165, 1.54) is 6.33 Å². The predicted molar refractivity (Wildman–Crippen MR) is 142 cm³/mol. The first-order valence-corrected chi connectivity index (χ1v) is 11.3. The Kier molecular flexibility index (Phi) is 8.63. The lowest BCUT2D eigenvalue weighted by atomic mass is 10.1. The molecule has 0 aliphatic rings. The molecule has 35 heavy (non-hydrogen) atoms. The Bertz CT molecular complexity index is 1250. The number of benzene rings is 1. The van der Waals surface area contributed by atoms with Gasteiger partial charge in [0.15, 0.2) is 5.82 Å². The molecule has 0 atom stereocenters. The summed E-state index contributed by atoms with van der Waals surface area (Å²) in [6, 6.07) is 9.32. The molecule has 182 valence electrons. The lowest BCUT2D eigenvalue weighted by molar-refractivity contribution is -0.112. The van der Waals surface area contributed by atoms with Crippen LogP contribution in [0, 0.1) is 0 Å². The summed E-state index contributed by atoms with van der Waals surface area (Å²) in [5.74, 6) is 0.862. The summed E-state index contributed by atoms with van der Waals surface area (Å²) in [5.41, 5.74) is 3.78. The molecule has 0 aliphatic heterocycles. The van der Waals surface area contributed by atoms with E-state index >= 15 is 0 Å². The Morgan fingerprint density at radius 3 is 2.46 bits per heavy atom. The van der Waals surface area contributed by atoms with Gasteiger partial charge in [-0.15, -0.1) is 0 Å². The van der Waals surface area contributed by atoms with E-state index in [1.54, 1.807) is 18.3 Å². The fourth-order valence-corrected chi connectivity index (χ4v) is 3.12. The van der Waals surface area contributed by atoms with Crippen LogP contribution >= 0.6 is 0 Å². The van der Waals surface area contributed by atoms with Crippen molar-refractivity contribution >= 4 is 34.4 Å². The molecule has 1 amide bonds. The second-order valence-corrected chi connectivity index (χ2v) is 8.38. The van der Waals surface area contributed by atoms with E-state index in [1.807, 2.05) is 70.2 Å². The zero-order valence-electron chi connectivity index (χ0n) is 20.9. The topological polar surface area (TPSA) is 99.2 Å². The zero-order valence-corrected chi connectivity index (χ0v) is 20.9. The molecule has 0 fully saturated rings. The minimum absolute atomic E-state index is 0.223. The van der Waals surface area contributed by atoms with Crippen molar-refractivity contribution in [2.45, 2.75) is 13.8 Å². The molecule has 0 aliphatic carbocycles. The molecule has 0 saturated heterocycles. The number of carbonyl (C=O) groups excluding carboxylic acids is 1. The molecular weight excluding hydrogens is 440 g/mol. The van der Waals surface area contributed by atoms with E-state index in [-0.39, 0.29) is 5.91 Å². The van der Waals surface area contributed by atoms with Crippen LogP contribution in [-0.2, 0) is 4.79 Å². The van der Waals surface area contributed by atoms with Crippen LogP contribution in [-0.4, -0.2) is 65.0 Å². The van der Waals surface area contributed by atoms with E-state index in [4.69, 9.17) is 4.98 Å². The fraction of sp³-hybridized carbons (Fsp3) is 0.269. The van der Waals surface area contributed by atoms with E-state index in [2.05, 4.69) is 37.1 Å². The molecular formula is C26H32N8O. The first-order chi connectivity index (χ1) is 16.8. The fourth-order valence-electron chi connectivity index (χ4n) is 3.12. The van der Waals surface area contributed by atoms with Crippen LogP contribution in [0.25, 0.3) is 11.0 Å². The normalized spacial score (nSPS) is 12.1. The molecule has 2 N–H and O–H groups in total. The van der Waals surface area contributed by atoms with Gasteiger partial charge in [0.05, 0.1) is 6.20 Å². The van der Waals surface area contributed by atoms with Crippen LogP contribution in [0.5, 0.6) is 0 Å². The number of fused-ring (bicyclic) bond motifs is 1. The van der Waals surface area contributed by atoms with Crippen LogP contribution in [0.4, 0.5) is 17.5 Å². The number of anilines is 3. The molecule has 0 radical (unpaired) electrons. The maximum absolute atomic E-state index is 12.9. The van der Waals surface area contributed by atoms with Gasteiger partial charge in [-0.1, -0.05) is 30.9 Å². The van der Waals surface area contributed by atoms with Gasteiger partial charge >= 0.3 is 0 Å². The van der Waals surface area contributed by atoms with Gasteiger partial charge in [-0.2, -0.15) is 0 Å². The lowest BCUT2D eigenvalue weighted by Crippen LogP contribution is -2.29. The molecule has 0 bridgehead atoms. The SMILES string of the molecule is C=C(C)/C(=C\C(=C/C)C(=O)Nc1ccccc1)Nc1ncnc2cnc(N(C)CCN(C)C)nc12. The van der Waals surface area contributed by atoms with Crippen molar-refractivity contribution in [3.8, 4) is 0 Å². The largest absolute Gasteiger partial charge is 0.343 e. The summed E-state index contributed by atoms with van der Waals surface area (Å²) in [6.45, 7) is 9.39. The average Bonchev–Trinajstić information content (AvgIpc) is 2.85. The Hall–Kier alpha value is -4.11. The molecule has 3 aromatic rings. The van der Waals surface area contributed by atoms with Crippen LogP contribution in [0.1, 0.15) is 13.8 Å². The maximum atomic E-state index is 12.9. The first-order valence-electron chi connectivity index (χ1n) is 11.3. The number of hydrogen-bond acceptors (Lipinski definition) is 8. The predicted octanol–water partition coefficient (Wildman–Crippen LogP) is 3.87. The molecule has 0 unspecified atom stereocenters. The molecule has 2 aromatic heterocycles. The van der Waals surface area contributed by atoms with Crippen molar-refractivity contribution < 1.29 is 4.79 Å². The number of rotatable bonds is 10. The Morgan fingerprint density at radius 1 is 1.06 bits per heavy atom. The van der Waals surface area contributed by atoms with Crippen molar-refractivity contribution in [1.29, 1.82) is 0 Å². The Balaban J connectivity index is 1.89. The Morgan fingerprint density at radius 2 is 1.80 bits per heavy atom. The highest BCUT2D eigenvalue weighted by Gasteiger charge is 2.14. The van der Waals surface area contributed by atoms with Crippen LogP contribution in [0.2, 0.25) is 0 Å². The summed E-state index contributed by atoms with van der Waals surface area (Å²) in [5, 5.41) is 6.20. The zero-order chi connectivity index (χ0) is 25.4. The molecule has 2 heterocycles. The second kappa shape index (κ2) is 11.8. The number of likely N-dealkylation sites (N-methyl/N-ethyl adjacent to an activating group) is 2. The molecule has 9 nitrogen and oxygen atoms in total. The van der Waals surface area contributed by atoms with Gasteiger partial charge in [0.25, 0.3) is 5.91 Å². The van der Waals surface area contributed by atoms with Gasteiger partial charge in [-0.25, -0.2) is 19.9 Å². The van der Waals surface area contributed by atoms with Crippen molar-refractivity contribution in [2.75, 3.05) is 49.8 Å². The van der Waals surface area contributed by atoms with Gasteiger partial charge < -0.3 is 20.4 Å². The van der Waals surface area contributed by atoms with E-state index in [0.29, 0.717) is 34.1 Å². The van der Waals surface area contributed by atoms with E-state index < -0.39 is 0 Å². The van der Waals surface area contributed by atoms with Gasteiger partial charge in [-0.3, -0.25) is 4.79 Å². The van der Waals surface area contributed by atoms with Crippen molar-refractivity contribution in [3.63, 3.8) is 0 Å². The molecule has 0 spiro atoms. The van der Waals surface area contributed by atoms with Gasteiger partial charge in [0, 0.05) is 37.1 Å². The Labute approximate surface area is 206 Å². The monoisotopic (exact) mass is 472 g/mol. The summed E-state index contributed by atoms with van der Waals surface area (Å²) in [4.78, 5) is 34.8. The number of nitrogens with one attached hydrogen (secondary N) is 2. The summed E-state index contributed by atoms with van der Waals surface area (Å²) < 4.78 is 0. The number of para-hydroxylation sites is 1. The van der Waals surface area contributed by atoms with Crippen molar-refractivity contribution in [2.24, 2.45) is 0 Å². The summed E-state index contributed by atoms with van der Waals surface area (Å²) in [7, 11) is 6.00. The highest BCUT2D eigenvalue weighted by atomic mass is 16.1. The molecule has 1 aromatic carbocycles. The summed E-state index contributed by atoms with van der Waals surface area (Å²) >= 11 is 0. The number of allylic oxidation sites excluding steroid dienone is 2. The van der Waals surface area contributed by atoms with E-state index in [9.17, 15) is 4.79 Å². The van der Waals surface area contributed by atoms with Gasteiger partial charge in [0.2, 0.25) is 5.95 Å². The lowest BCUT2D eigenvalue weighted by Gasteiger charge is -2.20. The minimum Gasteiger partial charge on any atom is -0.343 e. The van der Waals surface area contributed by atoms with Crippen molar-refractivity contribution in [1.82, 2.24) is 24.8 Å². The highest BCUT2D eigenvalue weighted by molar-refractivity contribution is 6.06. The first kappa shape index (κ1) is 25.5. The number of carbonyl (C=O) groups is 1. The molecule has 0 saturated carbocycles. The van der Waals surface area contributed by atoms with Crippen LogP contribution < -0.4 is 15.5 Å². The van der Waals surface area contributed by atoms with Crippen LogP contribution in [0.15, 0.2) is 78.4 Å². The highest BCUT2D eigenvalue weighted by Crippen LogP contribution is 2.23.